The van der Waals surface area contributed by atoms with Gasteiger partial charge in [0, 0.05) is 30.2 Å². The van der Waals surface area contributed by atoms with Gasteiger partial charge >= 0.3 is 0 Å². The van der Waals surface area contributed by atoms with Crippen LogP contribution < -0.4 is 5.32 Å². The molecular weight excluding hydrogens is 360 g/mol. The van der Waals surface area contributed by atoms with Gasteiger partial charge in [0.1, 0.15) is 0 Å². The molecular formula is C22H29ClN2O2. The minimum Gasteiger partial charge on any atom is -0.353 e. The molecule has 4 nitrogen and oxygen atoms in total. The SMILES string of the molecule is Cc1ccc(/C=C/C(=O)N2CCCC(C(=O)NC3CCCCC3)C2)cc1Cl. The molecule has 1 heterocycles. The average molecular weight is 389 g/mol. The molecule has 1 aromatic rings. The van der Waals surface area contributed by atoms with Crippen molar-refractivity contribution in [2.24, 2.45) is 5.92 Å². The number of aryl methyl sites for hydroxylation is 1. The molecule has 5 heteroatoms. The molecule has 1 saturated heterocycles. The molecule has 1 unspecified atom stereocenters. The number of nitrogens with zero attached hydrogens (tertiary/aromatic N) is 1. The van der Waals surface area contributed by atoms with Gasteiger partial charge in [-0.3, -0.25) is 9.59 Å². The van der Waals surface area contributed by atoms with E-state index in [0.29, 0.717) is 24.2 Å². The van der Waals surface area contributed by atoms with E-state index in [4.69, 9.17) is 11.6 Å². The Balaban J connectivity index is 1.54. The van der Waals surface area contributed by atoms with Crippen LogP contribution in [0.3, 0.4) is 0 Å². The number of nitrogens with one attached hydrogen (secondary N) is 1. The van der Waals surface area contributed by atoms with E-state index in [0.717, 1.165) is 36.8 Å². The topological polar surface area (TPSA) is 49.4 Å². The van der Waals surface area contributed by atoms with Gasteiger partial charge in [0.25, 0.3) is 0 Å². The minimum absolute atomic E-state index is 0.0399. The van der Waals surface area contributed by atoms with Crippen LogP contribution in [0.1, 0.15) is 56.1 Å². The molecule has 1 aliphatic heterocycles. The van der Waals surface area contributed by atoms with Gasteiger partial charge in [-0.15, -0.1) is 0 Å². The van der Waals surface area contributed by atoms with E-state index in [2.05, 4.69) is 5.32 Å². The Morgan fingerprint density at radius 1 is 1.15 bits per heavy atom. The quantitative estimate of drug-likeness (QED) is 0.779. The maximum Gasteiger partial charge on any atom is 0.246 e. The molecule has 2 fully saturated rings. The number of piperidine rings is 1. The molecule has 1 N–H and O–H groups in total. The van der Waals surface area contributed by atoms with E-state index < -0.39 is 0 Å². The Hall–Kier alpha value is -1.81. The zero-order chi connectivity index (χ0) is 19.2. The number of hydrogen-bond acceptors (Lipinski definition) is 2. The van der Waals surface area contributed by atoms with Crippen LogP contribution in [-0.2, 0) is 9.59 Å². The lowest BCUT2D eigenvalue weighted by molar-refractivity contribution is -0.132. The maximum absolute atomic E-state index is 12.6. The molecule has 27 heavy (non-hydrogen) atoms. The van der Waals surface area contributed by atoms with Crippen molar-refractivity contribution in [1.29, 1.82) is 0 Å². The van der Waals surface area contributed by atoms with Gasteiger partial charge in [-0.1, -0.05) is 43.0 Å². The average Bonchev–Trinajstić information content (AvgIpc) is 2.69. The summed E-state index contributed by atoms with van der Waals surface area (Å²) in [5, 5.41) is 3.90. The van der Waals surface area contributed by atoms with Crippen LogP contribution in [0.2, 0.25) is 5.02 Å². The van der Waals surface area contributed by atoms with Gasteiger partial charge in [-0.2, -0.15) is 0 Å². The van der Waals surface area contributed by atoms with Gasteiger partial charge in [0.2, 0.25) is 11.8 Å². The third-order valence-electron chi connectivity index (χ3n) is 5.67. The van der Waals surface area contributed by atoms with Gasteiger partial charge in [0.05, 0.1) is 5.92 Å². The number of carbonyl (C=O) groups is 2. The van der Waals surface area contributed by atoms with E-state index in [9.17, 15) is 9.59 Å². The lowest BCUT2D eigenvalue weighted by Gasteiger charge is -2.33. The largest absolute Gasteiger partial charge is 0.353 e. The van der Waals surface area contributed by atoms with Crippen LogP contribution in [0.5, 0.6) is 0 Å². The molecule has 2 amide bonds. The van der Waals surface area contributed by atoms with Crippen molar-refractivity contribution in [2.45, 2.75) is 57.9 Å². The number of benzene rings is 1. The number of rotatable bonds is 4. The van der Waals surface area contributed by atoms with Gasteiger partial charge < -0.3 is 10.2 Å². The van der Waals surface area contributed by atoms with Crippen LogP contribution in [0.15, 0.2) is 24.3 Å². The van der Waals surface area contributed by atoms with Crippen molar-refractivity contribution >= 4 is 29.5 Å². The van der Waals surface area contributed by atoms with E-state index in [1.807, 2.05) is 25.1 Å². The van der Waals surface area contributed by atoms with Crippen molar-refractivity contribution in [3.63, 3.8) is 0 Å². The number of likely N-dealkylation sites (tertiary alicyclic amines) is 1. The smallest absolute Gasteiger partial charge is 0.246 e. The third kappa shape index (κ3) is 5.58. The Bertz CT molecular complexity index is 710. The van der Waals surface area contributed by atoms with E-state index in [1.54, 1.807) is 17.1 Å². The standard InChI is InChI=1S/C22H29ClN2O2/c1-16-9-10-17(14-20(16)23)11-12-21(26)25-13-5-6-18(15-25)22(27)24-19-7-3-2-4-8-19/h9-12,14,18-19H,2-8,13,15H2,1H3,(H,24,27)/b12-11+. The van der Waals surface area contributed by atoms with Crippen LogP contribution in [0, 0.1) is 12.8 Å². The van der Waals surface area contributed by atoms with Gasteiger partial charge in [-0.25, -0.2) is 0 Å². The monoisotopic (exact) mass is 388 g/mol. The number of halogens is 1. The van der Waals surface area contributed by atoms with Crippen LogP contribution in [-0.4, -0.2) is 35.8 Å². The zero-order valence-corrected chi connectivity index (χ0v) is 16.8. The summed E-state index contributed by atoms with van der Waals surface area (Å²) in [6.07, 6.45) is 11.0. The van der Waals surface area contributed by atoms with Crippen LogP contribution >= 0.6 is 11.6 Å². The van der Waals surface area contributed by atoms with Crippen molar-refractivity contribution in [3.05, 3.63) is 40.4 Å². The highest BCUT2D eigenvalue weighted by Gasteiger charge is 2.29. The summed E-state index contributed by atoms with van der Waals surface area (Å²) in [5.74, 6) is -0.0117. The molecule has 3 rings (SSSR count). The molecule has 2 aliphatic rings. The Morgan fingerprint density at radius 3 is 2.67 bits per heavy atom. The summed E-state index contributed by atoms with van der Waals surface area (Å²) in [6.45, 7) is 3.18. The molecule has 146 valence electrons. The summed E-state index contributed by atoms with van der Waals surface area (Å²) in [7, 11) is 0. The predicted octanol–water partition coefficient (Wildman–Crippen LogP) is 4.35. The third-order valence-corrected chi connectivity index (χ3v) is 6.08. The highest BCUT2D eigenvalue weighted by atomic mass is 35.5. The summed E-state index contributed by atoms with van der Waals surface area (Å²) in [6, 6.07) is 6.07. The normalized spacial score (nSPS) is 21.4. The molecule has 0 spiro atoms. The summed E-state index contributed by atoms with van der Waals surface area (Å²) in [4.78, 5) is 26.9. The second-order valence-electron chi connectivity index (χ2n) is 7.81. The van der Waals surface area contributed by atoms with Gasteiger partial charge in [-0.05, 0) is 55.9 Å². The fraction of sp³-hybridized carbons (Fsp3) is 0.545. The van der Waals surface area contributed by atoms with Crippen LogP contribution in [0.4, 0.5) is 0 Å². The maximum atomic E-state index is 12.6. The number of carbonyl (C=O) groups excluding carboxylic acids is 2. The molecule has 1 aliphatic carbocycles. The van der Waals surface area contributed by atoms with E-state index in [-0.39, 0.29) is 17.7 Å². The van der Waals surface area contributed by atoms with Crippen LogP contribution in [0.25, 0.3) is 6.08 Å². The first-order chi connectivity index (χ1) is 13.0. The zero-order valence-electron chi connectivity index (χ0n) is 16.0. The Morgan fingerprint density at radius 2 is 1.93 bits per heavy atom. The van der Waals surface area contributed by atoms with Gasteiger partial charge in [0.15, 0.2) is 0 Å². The van der Waals surface area contributed by atoms with Crippen molar-refractivity contribution < 1.29 is 9.59 Å². The molecule has 0 radical (unpaired) electrons. The molecule has 1 aromatic carbocycles. The lowest BCUT2D eigenvalue weighted by atomic mass is 9.93. The molecule has 0 aromatic heterocycles. The van der Waals surface area contributed by atoms with E-state index >= 15 is 0 Å². The van der Waals surface area contributed by atoms with Crippen molar-refractivity contribution in [1.82, 2.24) is 10.2 Å². The first kappa shape index (κ1) is 19.9. The van der Waals surface area contributed by atoms with E-state index in [1.165, 1.54) is 19.3 Å². The molecule has 1 saturated carbocycles. The minimum atomic E-state index is -0.0909. The summed E-state index contributed by atoms with van der Waals surface area (Å²) in [5.41, 5.74) is 1.92. The second kappa shape index (κ2) is 9.41. The predicted molar refractivity (Wildman–Crippen MR) is 110 cm³/mol. The highest BCUT2D eigenvalue weighted by molar-refractivity contribution is 6.31. The summed E-state index contributed by atoms with van der Waals surface area (Å²) >= 11 is 6.14. The number of hydrogen-bond donors (Lipinski definition) is 1. The lowest BCUT2D eigenvalue weighted by Crippen LogP contribution is -2.47. The number of amides is 2. The Kier molecular flexibility index (Phi) is 6.95. The summed E-state index contributed by atoms with van der Waals surface area (Å²) < 4.78 is 0. The first-order valence-corrected chi connectivity index (χ1v) is 10.4. The Labute approximate surface area is 167 Å². The second-order valence-corrected chi connectivity index (χ2v) is 8.22. The molecule has 0 bridgehead atoms. The first-order valence-electron chi connectivity index (χ1n) is 10.1. The fourth-order valence-electron chi connectivity index (χ4n) is 3.94. The van der Waals surface area contributed by atoms with Crippen molar-refractivity contribution in [3.8, 4) is 0 Å². The van der Waals surface area contributed by atoms with Crippen molar-refractivity contribution in [2.75, 3.05) is 13.1 Å². The highest BCUT2D eigenvalue weighted by Crippen LogP contribution is 2.21. The molecule has 1 atom stereocenters. The fourth-order valence-corrected chi connectivity index (χ4v) is 4.13.